The van der Waals surface area contributed by atoms with Gasteiger partial charge in [0.25, 0.3) is 0 Å². The molecule has 0 amide bonds. The first-order chi connectivity index (χ1) is 9.67. The van der Waals surface area contributed by atoms with Crippen LogP contribution in [-0.2, 0) is 29.5 Å². The number of nitrogens with one attached hydrogen (secondary N) is 1. The SMILES string of the molecule is CCOC(=O)CCc1csc(NCc2cnn(C)c2)n1. The van der Waals surface area contributed by atoms with E-state index in [1.165, 1.54) is 11.3 Å². The molecule has 0 spiro atoms. The fourth-order valence-electron chi connectivity index (χ4n) is 1.71. The van der Waals surface area contributed by atoms with Crippen LogP contribution in [-0.4, -0.2) is 27.3 Å². The van der Waals surface area contributed by atoms with E-state index in [1.54, 1.807) is 11.6 Å². The minimum absolute atomic E-state index is 0.176. The molecule has 2 aromatic rings. The van der Waals surface area contributed by atoms with Gasteiger partial charge < -0.3 is 10.1 Å². The van der Waals surface area contributed by atoms with Crippen LogP contribution in [0.15, 0.2) is 17.8 Å². The van der Waals surface area contributed by atoms with Gasteiger partial charge in [0.05, 0.1) is 24.9 Å². The highest BCUT2D eigenvalue weighted by Crippen LogP contribution is 2.17. The molecule has 0 radical (unpaired) electrons. The highest BCUT2D eigenvalue weighted by atomic mass is 32.1. The number of hydrogen-bond donors (Lipinski definition) is 1. The Bertz CT molecular complexity index is 564. The Hall–Kier alpha value is -1.89. The Kier molecular flexibility index (Phi) is 5.11. The second-order valence-corrected chi connectivity index (χ2v) is 5.18. The zero-order chi connectivity index (χ0) is 14.4. The van der Waals surface area contributed by atoms with Crippen LogP contribution in [0.1, 0.15) is 24.6 Å². The molecule has 2 aromatic heterocycles. The van der Waals surface area contributed by atoms with Gasteiger partial charge in [0.15, 0.2) is 5.13 Å². The van der Waals surface area contributed by atoms with Crippen molar-refractivity contribution in [3.63, 3.8) is 0 Å². The summed E-state index contributed by atoms with van der Waals surface area (Å²) in [6, 6.07) is 0. The molecule has 6 nitrogen and oxygen atoms in total. The van der Waals surface area contributed by atoms with E-state index in [9.17, 15) is 4.79 Å². The fourth-order valence-corrected chi connectivity index (χ4v) is 2.45. The van der Waals surface area contributed by atoms with Gasteiger partial charge in [-0.2, -0.15) is 5.10 Å². The summed E-state index contributed by atoms with van der Waals surface area (Å²) in [4.78, 5) is 15.7. The monoisotopic (exact) mass is 294 g/mol. The number of aryl methyl sites for hydroxylation is 2. The number of anilines is 1. The van der Waals surface area contributed by atoms with E-state index in [0.717, 1.165) is 16.4 Å². The molecule has 1 N–H and O–H groups in total. The zero-order valence-corrected chi connectivity index (χ0v) is 12.4. The molecule has 0 atom stereocenters. The maximum atomic E-state index is 11.3. The first kappa shape index (κ1) is 14.5. The third-order valence-corrected chi connectivity index (χ3v) is 3.49. The predicted octanol–water partition coefficient (Wildman–Crippen LogP) is 1.98. The van der Waals surface area contributed by atoms with E-state index in [2.05, 4.69) is 15.4 Å². The van der Waals surface area contributed by atoms with Gasteiger partial charge in [0.2, 0.25) is 0 Å². The molecular formula is C13H18N4O2S. The van der Waals surface area contributed by atoms with Crippen molar-refractivity contribution in [3.05, 3.63) is 29.0 Å². The molecule has 0 saturated heterocycles. The molecule has 0 aliphatic carbocycles. The summed E-state index contributed by atoms with van der Waals surface area (Å²) in [6.07, 6.45) is 4.77. The summed E-state index contributed by atoms with van der Waals surface area (Å²) in [5.41, 5.74) is 2.02. The summed E-state index contributed by atoms with van der Waals surface area (Å²) >= 11 is 1.54. The molecular weight excluding hydrogens is 276 g/mol. The molecule has 20 heavy (non-hydrogen) atoms. The molecule has 0 bridgehead atoms. The lowest BCUT2D eigenvalue weighted by atomic mass is 10.2. The van der Waals surface area contributed by atoms with Crippen LogP contribution in [0.25, 0.3) is 0 Å². The van der Waals surface area contributed by atoms with Crippen molar-refractivity contribution in [1.29, 1.82) is 0 Å². The Morgan fingerprint density at radius 3 is 3.10 bits per heavy atom. The minimum atomic E-state index is -0.176. The van der Waals surface area contributed by atoms with Gasteiger partial charge >= 0.3 is 5.97 Å². The standard InChI is InChI=1S/C13H18N4O2S/c1-3-19-12(18)5-4-11-9-20-13(16-11)14-6-10-7-15-17(2)8-10/h7-9H,3-6H2,1-2H3,(H,14,16). The van der Waals surface area contributed by atoms with Crippen molar-refractivity contribution < 1.29 is 9.53 Å². The second-order valence-electron chi connectivity index (χ2n) is 4.32. The van der Waals surface area contributed by atoms with E-state index in [0.29, 0.717) is 26.0 Å². The number of aromatic nitrogens is 3. The number of hydrogen-bond acceptors (Lipinski definition) is 6. The molecule has 2 heterocycles. The van der Waals surface area contributed by atoms with Crippen LogP contribution >= 0.6 is 11.3 Å². The lowest BCUT2D eigenvalue weighted by Gasteiger charge is -2.00. The molecule has 7 heteroatoms. The average Bonchev–Trinajstić information content (AvgIpc) is 3.03. The van der Waals surface area contributed by atoms with Crippen LogP contribution in [0.5, 0.6) is 0 Å². The minimum Gasteiger partial charge on any atom is -0.466 e. The van der Waals surface area contributed by atoms with Crippen LogP contribution in [0.2, 0.25) is 0 Å². The van der Waals surface area contributed by atoms with Gasteiger partial charge in [-0.15, -0.1) is 11.3 Å². The molecule has 2 rings (SSSR count). The quantitative estimate of drug-likeness (QED) is 0.791. The summed E-state index contributed by atoms with van der Waals surface area (Å²) in [7, 11) is 1.89. The Morgan fingerprint density at radius 2 is 2.40 bits per heavy atom. The third kappa shape index (κ3) is 4.34. The first-order valence-corrected chi connectivity index (χ1v) is 7.36. The normalized spacial score (nSPS) is 10.5. The summed E-state index contributed by atoms with van der Waals surface area (Å²) in [5.74, 6) is -0.176. The fraction of sp³-hybridized carbons (Fsp3) is 0.462. The Balaban J connectivity index is 1.78. The van der Waals surface area contributed by atoms with Crippen LogP contribution in [0.4, 0.5) is 5.13 Å². The van der Waals surface area contributed by atoms with E-state index in [-0.39, 0.29) is 5.97 Å². The van der Waals surface area contributed by atoms with E-state index >= 15 is 0 Å². The number of nitrogens with zero attached hydrogens (tertiary/aromatic N) is 3. The number of ether oxygens (including phenoxy) is 1. The average molecular weight is 294 g/mol. The molecule has 0 aromatic carbocycles. The Labute approximate surface area is 121 Å². The molecule has 0 aliphatic rings. The largest absolute Gasteiger partial charge is 0.466 e. The van der Waals surface area contributed by atoms with Crippen LogP contribution in [0, 0.1) is 0 Å². The van der Waals surface area contributed by atoms with E-state index in [4.69, 9.17) is 4.74 Å². The summed E-state index contributed by atoms with van der Waals surface area (Å²) in [6.45, 7) is 2.92. The van der Waals surface area contributed by atoms with Crippen molar-refractivity contribution in [2.75, 3.05) is 11.9 Å². The first-order valence-electron chi connectivity index (χ1n) is 6.48. The predicted molar refractivity (Wildman–Crippen MR) is 77.6 cm³/mol. The molecule has 0 aliphatic heterocycles. The maximum Gasteiger partial charge on any atom is 0.306 e. The Morgan fingerprint density at radius 1 is 1.55 bits per heavy atom. The lowest BCUT2D eigenvalue weighted by molar-refractivity contribution is -0.143. The number of rotatable bonds is 7. The zero-order valence-electron chi connectivity index (χ0n) is 11.6. The van der Waals surface area contributed by atoms with Gasteiger partial charge in [-0.25, -0.2) is 4.98 Å². The van der Waals surface area contributed by atoms with Gasteiger partial charge in [-0.1, -0.05) is 0 Å². The van der Waals surface area contributed by atoms with Gasteiger partial charge in [0.1, 0.15) is 0 Å². The molecule has 0 fully saturated rings. The van der Waals surface area contributed by atoms with Crippen molar-refractivity contribution in [2.24, 2.45) is 7.05 Å². The third-order valence-electron chi connectivity index (χ3n) is 2.64. The van der Waals surface area contributed by atoms with Gasteiger partial charge in [0, 0.05) is 37.2 Å². The molecule has 108 valence electrons. The molecule has 0 saturated carbocycles. The maximum absolute atomic E-state index is 11.3. The number of carbonyl (C=O) groups excluding carboxylic acids is 1. The highest BCUT2D eigenvalue weighted by Gasteiger charge is 2.06. The smallest absolute Gasteiger partial charge is 0.306 e. The summed E-state index contributed by atoms with van der Waals surface area (Å²) < 4.78 is 6.66. The van der Waals surface area contributed by atoms with Gasteiger partial charge in [-0.3, -0.25) is 9.48 Å². The van der Waals surface area contributed by atoms with E-state index in [1.807, 2.05) is 24.8 Å². The topological polar surface area (TPSA) is 69.0 Å². The number of esters is 1. The molecule has 0 unspecified atom stereocenters. The number of carbonyl (C=O) groups is 1. The van der Waals surface area contributed by atoms with E-state index < -0.39 is 0 Å². The highest BCUT2D eigenvalue weighted by molar-refractivity contribution is 7.13. The van der Waals surface area contributed by atoms with Crippen molar-refractivity contribution in [2.45, 2.75) is 26.3 Å². The summed E-state index contributed by atoms with van der Waals surface area (Å²) in [5, 5.41) is 10.2. The van der Waals surface area contributed by atoms with Crippen molar-refractivity contribution >= 4 is 22.4 Å². The lowest BCUT2D eigenvalue weighted by Crippen LogP contribution is -2.05. The van der Waals surface area contributed by atoms with Crippen molar-refractivity contribution in [1.82, 2.24) is 14.8 Å². The van der Waals surface area contributed by atoms with Crippen LogP contribution in [0.3, 0.4) is 0 Å². The second kappa shape index (κ2) is 7.04. The van der Waals surface area contributed by atoms with Gasteiger partial charge in [-0.05, 0) is 6.92 Å². The van der Waals surface area contributed by atoms with Crippen LogP contribution < -0.4 is 5.32 Å². The van der Waals surface area contributed by atoms with Crippen molar-refractivity contribution in [3.8, 4) is 0 Å². The number of thiazole rings is 1.